The van der Waals surface area contributed by atoms with Gasteiger partial charge in [0.2, 0.25) is 5.91 Å². The SMILES string of the molecule is O=C(CC1CCCC1)N1CCCN(C(=O)Nc2ccc(OC(F)(F)F)cc2)CC1. The van der Waals surface area contributed by atoms with Crippen LogP contribution >= 0.6 is 0 Å². The van der Waals surface area contributed by atoms with E-state index in [1.165, 1.54) is 25.0 Å². The molecule has 3 rings (SSSR count). The van der Waals surface area contributed by atoms with Crippen LogP contribution in [0.15, 0.2) is 24.3 Å². The Kier molecular flexibility index (Phi) is 6.87. The molecule has 0 radical (unpaired) electrons. The van der Waals surface area contributed by atoms with Gasteiger partial charge >= 0.3 is 12.4 Å². The zero-order chi connectivity index (χ0) is 20.9. The largest absolute Gasteiger partial charge is 0.573 e. The summed E-state index contributed by atoms with van der Waals surface area (Å²) in [6, 6.07) is 4.67. The third-order valence-electron chi connectivity index (χ3n) is 5.41. The van der Waals surface area contributed by atoms with E-state index in [-0.39, 0.29) is 17.7 Å². The van der Waals surface area contributed by atoms with Crippen LogP contribution in [0.4, 0.5) is 23.7 Å². The smallest absolute Gasteiger partial charge is 0.406 e. The molecule has 1 aliphatic carbocycles. The van der Waals surface area contributed by atoms with Gasteiger partial charge in [-0.05, 0) is 49.4 Å². The zero-order valence-electron chi connectivity index (χ0n) is 16.2. The molecule has 0 unspecified atom stereocenters. The zero-order valence-corrected chi connectivity index (χ0v) is 16.2. The highest BCUT2D eigenvalue weighted by atomic mass is 19.4. The van der Waals surface area contributed by atoms with Crippen molar-refractivity contribution in [3.63, 3.8) is 0 Å². The van der Waals surface area contributed by atoms with Crippen LogP contribution in [0.1, 0.15) is 38.5 Å². The van der Waals surface area contributed by atoms with Crippen LogP contribution in [-0.4, -0.2) is 54.3 Å². The minimum Gasteiger partial charge on any atom is -0.406 e. The summed E-state index contributed by atoms with van der Waals surface area (Å²) in [6.07, 6.45) is 1.20. The van der Waals surface area contributed by atoms with E-state index in [0.29, 0.717) is 50.6 Å². The van der Waals surface area contributed by atoms with Gasteiger partial charge in [0, 0.05) is 38.3 Å². The molecule has 9 heteroatoms. The minimum absolute atomic E-state index is 0.166. The molecule has 160 valence electrons. The topological polar surface area (TPSA) is 61.9 Å². The summed E-state index contributed by atoms with van der Waals surface area (Å²) in [6.45, 7) is 2.09. The molecule has 0 aromatic heterocycles. The van der Waals surface area contributed by atoms with E-state index in [4.69, 9.17) is 0 Å². The fourth-order valence-corrected chi connectivity index (χ4v) is 3.90. The Morgan fingerprint density at radius 3 is 2.24 bits per heavy atom. The van der Waals surface area contributed by atoms with E-state index in [0.717, 1.165) is 25.0 Å². The van der Waals surface area contributed by atoms with E-state index < -0.39 is 6.36 Å². The van der Waals surface area contributed by atoms with Crippen molar-refractivity contribution in [2.75, 3.05) is 31.5 Å². The Balaban J connectivity index is 1.48. The fourth-order valence-electron chi connectivity index (χ4n) is 3.90. The highest BCUT2D eigenvalue weighted by Crippen LogP contribution is 2.28. The van der Waals surface area contributed by atoms with E-state index in [2.05, 4.69) is 10.1 Å². The van der Waals surface area contributed by atoms with E-state index >= 15 is 0 Å². The number of rotatable bonds is 4. The Labute approximate surface area is 168 Å². The van der Waals surface area contributed by atoms with Crippen LogP contribution in [0.5, 0.6) is 5.75 Å². The molecule has 0 bridgehead atoms. The number of nitrogens with one attached hydrogen (secondary N) is 1. The fraction of sp³-hybridized carbons (Fsp3) is 0.600. The summed E-state index contributed by atoms with van der Waals surface area (Å²) in [5, 5.41) is 2.68. The van der Waals surface area contributed by atoms with Gasteiger partial charge in [0.1, 0.15) is 5.75 Å². The highest BCUT2D eigenvalue weighted by molar-refractivity contribution is 5.89. The number of halogens is 3. The van der Waals surface area contributed by atoms with Crippen molar-refractivity contribution in [1.29, 1.82) is 0 Å². The first-order chi connectivity index (χ1) is 13.8. The summed E-state index contributed by atoms with van der Waals surface area (Å²) >= 11 is 0. The van der Waals surface area contributed by atoms with Crippen molar-refractivity contribution < 1.29 is 27.5 Å². The Morgan fingerprint density at radius 1 is 0.966 bits per heavy atom. The second-order valence-electron chi connectivity index (χ2n) is 7.58. The van der Waals surface area contributed by atoms with Gasteiger partial charge in [-0.15, -0.1) is 13.2 Å². The molecule has 0 atom stereocenters. The van der Waals surface area contributed by atoms with Gasteiger partial charge in [-0.1, -0.05) is 12.8 Å². The van der Waals surface area contributed by atoms with Crippen LogP contribution in [0.3, 0.4) is 0 Å². The lowest BCUT2D eigenvalue weighted by atomic mass is 10.0. The van der Waals surface area contributed by atoms with Crippen LogP contribution in [0.25, 0.3) is 0 Å². The number of ether oxygens (including phenoxy) is 1. The maximum Gasteiger partial charge on any atom is 0.573 e. The summed E-state index contributed by atoms with van der Waals surface area (Å²) in [4.78, 5) is 28.5. The van der Waals surface area contributed by atoms with E-state index in [1.54, 1.807) is 4.90 Å². The number of carbonyl (C=O) groups is 2. The number of hydrogen-bond donors (Lipinski definition) is 1. The van der Waals surface area contributed by atoms with Crippen LogP contribution in [0, 0.1) is 5.92 Å². The second-order valence-corrected chi connectivity index (χ2v) is 7.58. The lowest BCUT2D eigenvalue weighted by molar-refractivity contribution is -0.274. The third-order valence-corrected chi connectivity index (χ3v) is 5.41. The first kappa shape index (κ1) is 21.3. The van der Waals surface area contributed by atoms with Gasteiger partial charge < -0.3 is 19.9 Å². The van der Waals surface area contributed by atoms with Crippen LogP contribution in [0.2, 0.25) is 0 Å². The number of benzene rings is 1. The van der Waals surface area contributed by atoms with Crippen molar-refractivity contribution >= 4 is 17.6 Å². The van der Waals surface area contributed by atoms with E-state index in [9.17, 15) is 22.8 Å². The normalized spacial score (nSPS) is 18.4. The number of alkyl halides is 3. The second kappa shape index (κ2) is 9.37. The molecule has 1 saturated carbocycles. The molecule has 1 heterocycles. The van der Waals surface area contributed by atoms with Crippen molar-refractivity contribution in [1.82, 2.24) is 9.80 Å². The number of amides is 3. The number of anilines is 1. The van der Waals surface area contributed by atoms with Crippen molar-refractivity contribution in [3.8, 4) is 5.75 Å². The third kappa shape index (κ3) is 6.54. The number of urea groups is 1. The highest BCUT2D eigenvalue weighted by Gasteiger charge is 2.31. The first-order valence-corrected chi connectivity index (χ1v) is 10.00. The molecule has 1 saturated heterocycles. The monoisotopic (exact) mass is 413 g/mol. The van der Waals surface area contributed by atoms with Crippen molar-refractivity contribution in [2.24, 2.45) is 5.92 Å². The molecule has 0 spiro atoms. The molecule has 2 fully saturated rings. The molecular formula is C20H26F3N3O3. The first-order valence-electron chi connectivity index (χ1n) is 10.00. The summed E-state index contributed by atoms with van der Waals surface area (Å²) in [5.74, 6) is 0.315. The van der Waals surface area contributed by atoms with Gasteiger partial charge in [0.25, 0.3) is 0 Å². The summed E-state index contributed by atoms with van der Waals surface area (Å²) < 4.78 is 40.4. The molecule has 29 heavy (non-hydrogen) atoms. The van der Waals surface area contributed by atoms with Crippen LogP contribution < -0.4 is 10.1 Å². The minimum atomic E-state index is -4.75. The van der Waals surface area contributed by atoms with Crippen LogP contribution in [-0.2, 0) is 4.79 Å². The molecule has 1 N–H and O–H groups in total. The molecule has 1 aliphatic heterocycles. The number of carbonyl (C=O) groups excluding carboxylic acids is 2. The molecule has 1 aromatic rings. The van der Waals surface area contributed by atoms with Gasteiger partial charge in [0.15, 0.2) is 0 Å². The Hall–Kier alpha value is -2.45. The molecule has 1 aromatic carbocycles. The average molecular weight is 413 g/mol. The molecule has 3 amide bonds. The number of hydrogen-bond acceptors (Lipinski definition) is 3. The van der Waals surface area contributed by atoms with Gasteiger partial charge in [-0.2, -0.15) is 0 Å². The molecule has 6 nitrogen and oxygen atoms in total. The molecular weight excluding hydrogens is 387 g/mol. The van der Waals surface area contributed by atoms with Gasteiger partial charge in [-0.3, -0.25) is 4.79 Å². The maximum absolute atomic E-state index is 12.5. The summed E-state index contributed by atoms with van der Waals surface area (Å²) in [5.41, 5.74) is 0.378. The Morgan fingerprint density at radius 2 is 1.59 bits per heavy atom. The van der Waals surface area contributed by atoms with Crippen molar-refractivity contribution in [2.45, 2.75) is 44.9 Å². The molecule has 2 aliphatic rings. The van der Waals surface area contributed by atoms with Crippen molar-refractivity contribution in [3.05, 3.63) is 24.3 Å². The predicted molar refractivity (Wildman–Crippen MR) is 101 cm³/mol. The maximum atomic E-state index is 12.5. The quantitative estimate of drug-likeness (QED) is 0.804. The Bertz CT molecular complexity index is 703. The number of nitrogens with zero attached hydrogens (tertiary/aromatic N) is 2. The standard InChI is InChI=1S/C20H26F3N3O3/c21-20(22,23)29-17-8-6-16(7-9-17)24-19(28)26-11-3-10-25(12-13-26)18(27)14-15-4-1-2-5-15/h6-9,15H,1-5,10-14H2,(H,24,28). The lowest BCUT2D eigenvalue weighted by Gasteiger charge is -2.23. The average Bonchev–Trinajstić information content (AvgIpc) is 3.03. The summed E-state index contributed by atoms with van der Waals surface area (Å²) in [7, 11) is 0. The van der Waals surface area contributed by atoms with Gasteiger partial charge in [0.05, 0.1) is 0 Å². The lowest BCUT2D eigenvalue weighted by Crippen LogP contribution is -2.39. The van der Waals surface area contributed by atoms with E-state index in [1.807, 2.05) is 4.90 Å². The van der Waals surface area contributed by atoms with Gasteiger partial charge in [-0.25, -0.2) is 4.79 Å². The predicted octanol–water partition coefficient (Wildman–Crippen LogP) is 4.23.